The van der Waals surface area contributed by atoms with Crippen LogP contribution in [0.4, 0.5) is 18.9 Å². The topological polar surface area (TPSA) is 41.6 Å². The van der Waals surface area contributed by atoms with Crippen molar-refractivity contribution < 1.29 is 22.7 Å². The minimum atomic E-state index is -0.983. The third-order valence-electron chi connectivity index (χ3n) is 5.09. The Morgan fingerprint density at radius 2 is 1.72 bits per heavy atom. The molecule has 4 nitrogen and oxygen atoms in total. The molecule has 1 aliphatic rings. The summed E-state index contributed by atoms with van der Waals surface area (Å²) in [7, 11) is 2.07. The molecule has 1 aliphatic heterocycles. The quantitative estimate of drug-likeness (QED) is 0.717. The average Bonchev–Trinajstić information content (AvgIpc) is 2.74. The summed E-state index contributed by atoms with van der Waals surface area (Å²) in [5.74, 6) is -0.00582. The van der Waals surface area contributed by atoms with E-state index in [-0.39, 0.29) is 28.4 Å². The van der Waals surface area contributed by atoms with Gasteiger partial charge in [-0.15, -0.1) is 0 Å². The van der Waals surface area contributed by atoms with E-state index >= 15 is 0 Å². The van der Waals surface area contributed by atoms with Gasteiger partial charge in [0.1, 0.15) is 31.9 Å². The van der Waals surface area contributed by atoms with E-state index in [2.05, 4.69) is 17.3 Å². The summed E-state index contributed by atoms with van der Waals surface area (Å²) >= 11 is 0. The van der Waals surface area contributed by atoms with Gasteiger partial charge in [0.2, 0.25) is 0 Å². The lowest BCUT2D eigenvalue weighted by atomic mass is 9.98. The van der Waals surface area contributed by atoms with Gasteiger partial charge < -0.3 is 15.0 Å². The Morgan fingerprint density at radius 3 is 2.31 bits per heavy atom. The summed E-state index contributed by atoms with van der Waals surface area (Å²) in [6.07, 6.45) is 1.96. The maximum absolute atomic E-state index is 13.4. The fraction of sp³-hybridized carbons (Fsp3) is 0.409. The average molecular weight is 406 g/mol. The minimum Gasteiger partial charge on any atom is -0.490 e. The second-order valence-electron chi connectivity index (χ2n) is 7.29. The van der Waals surface area contributed by atoms with Crippen LogP contribution in [0.2, 0.25) is 0 Å². The van der Waals surface area contributed by atoms with E-state index in [1.165, 1.54) is 12.1 Å². The molecular formula is C22H25F3N2O2. The molecule has 0 bridgehead atoms. The Kier molecular flexibility index (Phi) is 7.14. The lowest BCUT2D eigenvalue weighted by Gasteiger charge is -2.29. The first kappa shape index (κ1) is 21.2. The zero-order valence-corrected chi connectivity index (χ0v) is 16.4. The van der Waals surface area contributed by atoms with Crippen LogP contribution in [-0.2, 0) is 20.0 Å². The van der Waals surface area contributed by atoms with Gasteiger partial charge in [0.25, 0.3) is 5.91 Å². The van der Waals surface area contributed by atoms with Gasteiger partial charge in [-0.1, -0.05) is 6.07 Å². The number of hydrogen-bond donors (Lipinski definition) is 1. The summed E-state index contributed by atoms with van der Waals surface area (Å²) in [6.45, 7) is -0.883. The van der Waals surface area contributed by atoms with Gasteiger partial charge in [0.15, 0.2) is 0 Å². The Morgan fingerprint density at radius 1 is 1.07 bits per heavy atom. The number of nitrogens with one attached hydrogen (secondary N) is 1. The number of amides is 1. The number of piperidine rings is 1. The molecule has 0 radical (unpaired) electrons. The summed E-state index contributed by atoms with van der Waals surface area (Å²) in [5.41, 5.74) is 0.474. The molecule has 0 atom stereocenters. The number of ether oxygens (including phenoxy) is 1. The molecule has 2 aromatic carbocycles. The third-order valence-corrected chi connectivity index (χ3v) is 5.09. The first-order chi connectivity index (χ1) is 14.0. The van der Waals surface area contributed by atoms with Crippen LogP contribution >= 0.6 is 0 Å². The summed E-state index contributed by atoms with van der Waals surface area (Å²) in [6, 6.07) is 9.44. The number of carbonyl (C=O) groups excluding carboxylic acids is 1. The maximum Gasteiger partial charge on any atom is 0.256 e. The highest BCUT2D eigenvalue weighted by atomic mass is 19.1. The van der Waals surface area contributed by atoms with Gasteiger partial charge >= 0.3 is 0 Å². The van der Waals surface area contributed by atoms with Crippen molar-refractivity contribution in [1.29, 1.82) is 0 Å². The highest BCUT2D eigenvalue weighted by Gasteiger charge is 2.20. The molecule has 0 spiro atoms. The molecule has 0 aromatic heterocycles. The predicted molar refractivity (Wildman–Crippen MR) is 106 cm³/mol. The number of hydrogen-bond acceptors (Lipinski definition) is 3. The normalized spacial score (nSPS) is 15.3. The Balaban J connectivity index is 1.76. The number of carbonyl (C=O) groups is 1. The Labute approximate surface area is 168 Å². The minimum absolute atomic E-state index is 0.0240. The van der Waals surface area contributed by atoms with Crippen LogP contribution < -0.4 is 10.1 Å². The molecular weight excluding hydrogens is 381 g/mol. The molecule has 156 valence electrons. The van der Waals surface area contributed by atoms with Crippen molar-refractivity contribution in [3.05, 3.63) is 58.7 Å². The van der Waals surface area contributed by atoms with Crippen molar-refractivity contribution in [1.82, 2.24) is 4.90 Å². The van der Waals surface area contributed by atoms with E-state index < -0.39 is 25.9 Å². The number of benzene rings is 2. The molecule has 1 saturated heterocycles. The van der Waals surface area contributed by atoms with Crippen LogP contribution in [0.5, 0.6) is 5.75 Å². The van der Waals surface area contributed by atoms with E-state index in [1.807, 2.05) is 6.07 Å². The molecule has 7 heteroatoms. The monoisotopic (exact) mass is 406 g/mol. The van der Waals surface area contributed by atoms with Crippen LogP contribution in [0.15, 0.2) is 36.4 Å². The Bertz CT molecular complexity index is 827. The van der Waals surface area contributed by atoms with Crippen molar-refractivity contribution in [3.63, 3.8) is 0 Å². The SMILES string of the molecule is CN1CCC(Oc2cccc(NC(=O)c3c(CF)cc(CF)cc3CF)c2)CC1. The largest absolute Gasteiger partial charge is 0.490 e. The highest BCUT2D eigenvalue weighted by Crippen LogP contribution is 2.25. The van der Waals surface area contributed by atoms with Crippen LogP contribution in [0, 0.1) is 0 Å². The second-order valence-corrected chi connectivity index (χ2v) is 7.29. The van der Waals surface area contributed by atoms with Crippen molar-refractivity contribution in [2.75, 3.05) is 25.5 Å². The number of likely N-dealkylation sites (tertiary alicyclic amines) is 1. The zero-order chi connectivity index (χ0) is 20.8. The fourth-order valence-electron chi connectivity index (χ4n) is 3.56. The first-order valence-electron chi connectivity index (χ1n) is 9.63. The molecule has 0 saturated carbocycles. The number of anilines is 1. The van der Waals surface area contributed by atoms with Gasteiger partial charge in [0, 0.05) is 24.8 Å². The summed E-state index contributed by atoms with van der Waals surface area (Å²) in [4.78, 5) is 15.0. The van der Waals surface area contributed by atoms with E-state index in [1.54, 1.807) is 18.2 Å². The molecule has 0 aliphatic carbocycles. The number of nitrogens with zero attached hydrogens (tertiary/aromatic N) is 1. The van der Waals surface area contributed by atoms with Crippen molar-refractivity contribution in [2.45, 2.75) is 39.0 Å². The summed E-state index contributed by atoms with van der Waals surface area (Å²) in [5, 5.41) is 2.68. The van der Waals surface area contributed by atoms with Gasteiger partial charge in [-0.05, 0) is 60.8 Å². The molecule has 3 rings (SSSR count). The van der Waals surface area contributed by atoms with Crippen LogP contribution in [0.1, 0.15) is 39.9 Å². The fourth-order valence-corrected chi connectivity index (χ4v) is 3.56. The molecule has 29 heavy (non-hydrogen) atoms. The van der Waals surface area contributed by atoms with Crippen molar-refractivity contribution in [2.24, 2.45) is 0 Å². The Hall–Kier alpha value is -2.54. The number of halogens is 3. The number of alkyl halides is 3. The van der Waals surface area contributed by atoms with Crippen LogP contribution in [-0.4, -0.2) is 37.0 Å². The van der Waals surface area contributed by atoms with Crippen LogP contribution in [0.3, 0.4) is 0 Å². The molecule has 1 heterocycles. The van der Waals surface area contributed by atoms with Crippen molar-refractivity contribution >= 4 is 11.6 Å². The van der Waals surface area contributed by atoms with E-state index in [0.29, 0.717) is 11.4 Å². The highest BCUT2D eigenvalue weighted by molar-refractivity contribution is 6.06. The van der Waals surface area contributed by atoms with Crippen LogP contribution in [0.25, 0.3) is 0 Å². The van der Waals surface area contributed by atoms with Gasteiger partial charge in [0.05, 0.1) is 5.56 Å². The molecule has 1 amide bonds. The molecule has 1 fully saturated rings. The third kappa shape index (κ3) is 5.29. The molecule has 2 aromatic rings. The van der Waals surface area contributed by atoms with E-state index in [9.17, 15) is 18.0 Å². The standard InChI is InChI=1S/C22H25F3N2O2/c1-27-7-5-19(6-8-27)29-20-4-2-3-18(11-20)26-22(28)21-16(13-24)9-15(12-23)10-17(21)14-25/h2-4,9-11,19H,5-8,12-14H2,1H3,(H,26,28). The van der Waals surface area contributed by atoms with Gasteiger partial charge in [-0.25, -0.2) is 13.2 Å². The molecule has 1 N–H and O–H groups in total. The second kappa shape index (κ2) is 9.78. The van der Waals surface area contributed by atoms with Gasteiger partial charge in [-0.2, -0.15) is 0 Å². The predicted octanol–water partition coefficient (Wildman–Crippen LogP) is 4.82. The van der Waals surface area contributed by atoms with E-state index in [4.69, 9.17) is 4.74 Å². The number of rotatable bonds is 7. The summed E-state index contributed by atoms with van der Waals surface area (Å²) < 4.78 is 45.8. The van der Waals surface area contributed by atoms with E-state index in [0.717, 1.165) is 25.9 Å². The van der Waals surface area contributed by atoms with Gasteiger partial charge in [-0.3, -0.25) is 4.79 Å². The maximum atomic E-state index is 13.4. The zero-order valence-electron chi connectivity index (χ0n) is 16.4. The first-order valence-corrected chi connectivity index (χ1v) is 9.63. The lowest BCUT2D eigenvalue weighted by molar-refractivity contribution is 0.102. The molecule has 0 unspecified atom stereocenters. The van der Waals surface area contributed by atoms with Crippen molar-refractivity contribution in [3.8, 4) is 5.75 Å². The smallest absolute Gasteiger partial charge is 0.256 e. The lowest BCUT2D eigenvalue weighted by Crippen LogP contribution is -2.35.